The summed E-state index contributed by atoms with van der Waals surface area (Å²) >= 11 is 0. The molecule has 0 heteroatoms. The van der Waals surface area contributed by atoms with Crippen LogP contribution in [0.1, 0.15) is 25.0 Å². The Balaban J connectivity index is 1.11. The lowest BCUT2D eigenvalue weighted by molar-refractivity contribution is 0.661. The summed E-state index contributed by atoms with van der Waals surface area (Å²) in [6.07, 6.45) is 0. The van der Waals surface area contributed by atoms with E-state index < -0.39 is 0 Å². The summed E-state index contributed by atoms with van der Waals surface area (Å²) in [6, 6.07) is 72.1. The highest BCUT2D eigenvalue weighted by atomic mass is 14.4. The molecule has 55 heavy (non-hydrogen) atoms. The maximum absolute atomic E-state index is 2.51. The number of hydrogen-bond donors (Lipinski definition) is 0. The van der Waals surface area contributed by atoms with Gasteiger partial charge in [0, 0.05) is 5.41 Å². The second-order valence-corrected chi connectivity index (χ2v) is 15.6. The Morgan fingerprint density at radius 2 is 0.600 bits per heavy atom. The van der Waals surface area contributed by atoms with Gasteiger partial charge in [-0.15, -0.1) is 0 Å². The van der Waals surface area contributed by atoms with Crippen molar-refractivity contribution in [1.82, 2.24) is 0 Å². The van der Waals surface area contributed by atoms with Gasteiger partial charge in [-0.1, -0.05) is 184 Å². The first kappa shape index (κ1) is 31.7. The number of hydrogen-bond acceptors (Lipinski definition) is 0. The van der Waals surface area contributed by atoms with Gasteiger partial charge in [-0.05, 0) is 134 Å². The molecule has 1 aliphatic carbocycles. The molecular weight excluding hydrogens is 661 g/mol. The average molecular weight is 699 g/mol. The van der Waals surface area contributed by atoms with Crippen molar-refractivity contribution in [1.29, 1.82) is 0 Å². The van der Waals surface area contributed by atoms with Crippen LogP contribution in [0.3, 0.4) is 0 Å². The Bertz CT molecular complexity index is 2950. The first-order chi connectivity index (χ1) is 27.0. The Labute approximate surface area is 322 Å². The Morgan fingerprint density at radius 1 is 0.273 bits per heavy atom. The molecule has 0 bridgehead atoms. The lowest BCUT2D eigenvalue weighted by Crippen LogP contribution is -2.15. The van der Waals surface area contributed by atoms with Crippen molar-refractivity contribution in [3.8, 4) is 55.6 Å². The van der Waals surface area contributed by atoms with E-state index in [4.69, 9.17) is 0 Å². The van der Waals surface area contributed by atoms with Crippen LogP contribution in [0.4, 0.5) is 0 Å². The minimum atomic E-state index is -0.220. The fraction of sp³-hybridized carbons (Fsp3) is 0.0545. The molecule has 11 rings (SSSR count). The van der Waals surface area contributed by atoms with Crippen LogP contribution in [-0.4, -0.2) is 0 Å². The zero-order valence-electron chi connectivity index (χ0n) is 31.0. The van der Waals surface area contributed by atoms with Crippen molar-refractivity contribution in [2.75, 3.05) is 0 Å². The molecule has 0 heterocycles. The van der Waals surface area contributed by atoms with Crippen LogP contribution in [0.2, 0.25) is 0 Å². The lowest BCUT2D eigenvalue weighted by Gasteiger charge is -2.24. The summed E-state index contributed by atoms with van der Waals surface area (Å²) in [5.41, 5.74) is 15.4. The minimum Gasteiger partial charge on any atom is -0.0616 e. The van der Waals surface area contributed by atoms with Crippen LogP contribution in [0.5, 0.6) is 0 Å². The molecule has 0 atom stereocenters. The molecule has 0 saturated carbocycles. The van der Waals surface area contributed by atoms with Gasteiger partial charge in [-0.2, -0.15) is 0 Å². The van der Waals surface area contributed by atoms with E-state index in [9.17, 15) is 0 Å². The van der Waals surface area contributed by atoms with E-state index in [1.165, 1.54) is 110 Å². The van der Waals surface area contributed by atoms with E-state index in [2.05, 4.69) is 208 Å². The van der Waals surface area contributed by atoms with Gasteiger partial charge in [0.25, 0.3) is 0 Å². The highest BCUT2D eigenvalue weighted by molar-refractivity contribution is 6.17. The van der Waals surface area contributed by atoms with Crippen LogP contribution >= 0.6 is 0 Å². The molecule has 10 aromatic carbocycles. The van der Waals surface area contributed by atoms with Gasteiger partial charge < -0.3 is 0 Å². The van der Waals surface area contributed by atoms with Crippen molar-refractivity contribution in [3.63, 3.8) is 0 Å². The molecular formula is C55H38. The van der Waals surface area contributed by atoms with Gasteiger partial charge in [0.2, 0.25) is 0 Å². The Hall–Kier alpha value is -6.76. The molecule has 0 amide bonds. The fourth-order valence-corrected chi connectivity index (χ4v) is 9.56. The average Bonchev–Trinajstić information content (AvgIpc) is 3.48. The van der Waals surface area contributed by atoms with Gasteiger partial charge >= 0.3 is 0 Å². The quantitative estimate of drug-likeness (QED) is 0.172. The van der Waals surface area contributed by atoms with E-state index in [1.54, 1.807) is 0 Å². The van der Waals surface area contributed by atoms with E-state index in [0.29, 0.717) is 0 Å². The molecule has 0 unspecified atom stereocenters. The summed E-state index contributed by atoms with van der Waals surface area (Å²) < 4.78 is 0. The molecule has 1 aliphatic rings. The number of rotatable bonds is 4. The summed E-state index contributed by atoms with van der Waals surface area (Å²) in [7, 11) is 0. The highest BCUT2D eigenvalue weighted by Gasteiger charge is 2.39. The van der Waals surface area contributed by atoms with Crippen LogP contribution in [0.25, 0.3) is 98.7 Å². The van der Waals surface area contributed by atoms with Gasteiger partial charge in [0.15, 0.2) is 0 Å². The van der Waals surface area contributed by atoms with Crippen LogP contribution in [0.15, 0.2) is 194 Å². The van der Waals surface area contributed by atoms with E-state index >= 15 is 0 Å². The molecule has 0 aromatic heterocycles. The molecule has 258 valence electrons. The van der Waals surface area contributed by atoms with Crippen molar-refractivity contribution in [2.24, 2.45) is 0 Å². The normalized spacial score (nSPS) is 13.1. The maximum atomic E-state index is 2.51. The van der Waals surface area contributed by atoms with Crippen LogP contribution in [0, 0.1) is 0 Å². The molecule has 10 aromatic rings. The van der Waals surface area contributed by atoms with Crippen LogP contribution in [-0.2, 0) is 5.41 Å². The highest BCUT2D eigenvalue weighted by Crippen LogP contribution is 2.56. The van der Waals surface area contributed by atoms with Crippen LogP contribution < -0.4 is 0 Å². The molecule has 0 N–H and O–H groups in total. The molecule has 0 fully saturated rings. The zero-order chi connectivity index (χ0) is 36.7. The largest absolute Gasteiger partial charge is 0.0616 e. The van der Waals surface area contributed by atoms with Gasteiger partial charge in [-0.25, -0.2) is 0 Å². The topological polar surface area (TPSA) is 0 Å². The number of fused-ring (bicyclic) bond motifs is 9. The lowest BCUT2D eigenvalue weighted by atomic mass is 9.79. The predicted molar refractivity (Wildman–Crippen MR) is 236 cm³/mol. The van der Waals surface area contributed by atoms with Gasteiger partial charge in [0.1, 0.15) is 0 Å². The second kappa shape index (κ2) is 12.1. The standard InChI is InChI=1S/C55H38/c1-55(2)51-33-49(39-21-11-19-37(31-39)43-29-13-17-35-15-3-5-23-41(35)43)45-25-7-9-27-47(45)53(51)54-48-28-10-8-26-46(48)50(34-52(54)55)40-22-12-20-38(32-40)44-30-14-18-36-16-4-6-24-42(36)44/h3-34H,1-2H3. The zero-order valence-corrected chi connectivity index (χ0v) is 31.0. The van der Waals surface area contributed by atoms with Crippen molar-refractivity contribution < 1.29 is 0 Å². The summed E-state index contributed by atoms with van der Waals surface area (Å²) in [6.45, 7) is 4.85. The predicted octanol–water partition coefficient (Wildman–Crippen LogP) is 15.3. The van der Waals surface area contributed by atoms with Crippen molar-refractivity contribution >= 4 is 43.1 Å². The second-order valence-electron chi connectivity index (χ2n) is 15.6. The number of benzene rings is 10. The summed E-state index contributed by atoms with van der Waals surface area (Å²) in [5, 5.41) is 10.3. The first-order valence-electron chi connectivity index (χ1n) is 19.3. The molecule has 0 saturated heterocycles. The fourth-order valence-electron chi connectivity index (χ4n) is 9.56. The van der Waals surface area contributed by atoms with E-state index in [1.807, 2.05) is 0 Å². The minimum absolute atomic E-state index is 0.220. The van der Waals surface area contributed by atoms with Gasteiger partial charge in [-0.3, -0.25) is 0 Å². The molecule has 0 spiro atoms. The third kappa shape index (κ3) is 4.85. The summed E-state index contributed by atoms with van der Waals surface area (Å²) in [5.74, 6) is 0. The van der Waals surface area contributed by atoms with Gasteiger partial charge in [0.05, 0.1) is 0 Å². The monoisotopic (exact) mass is 698 g/mol. The Morgan fingerprint density at radius 3 is 1.04 bits per heavy atom. The van der Waals surface area contributed by atoms with E-state index in [-0.39, 0.29) is 5.41 Å². The third-order valence-electron chi connectivity index (χ3n) is 12.2. The summed E-state index contributed by atoms with van der Waals surface area (Å²) in [4.78, 5) is 0. The Kier molecular flexibility index (Phi) is 7.00. The first-order valence-corrected chi connectivity index (χ1v) is 19.3. The molecule has 0 aliphatic heterocycles. The van der Waals surface area contributed by atoms with Crippen molar-refractivity contribution in [2.45, 2.75) is 19.3 Å². The maximum Gasteiger partial charge on any atom is 0.0159 e. The molecule has 0 radical (unpaired) electrons. The third-order valence-corrected chi connectivity index (χ3v) is 12.2. The van der Waals surface area contributed by atoms with Crippen molar-refractivity contribution in [3.05, 3.63) is 205 Å². The smallest absolute Gasteiger partial charge is 0.0159 e. The SMILES string of the molecule is CC1(C)c2cc(-c3cccc(-c4cccc5ccccc45)c3)c3ccccc3c2-c2c1cc(-c1cccc(-c3cccc4ccccc34)c1)c1ccccc21. The van der Waals surface area contributed by atoms with E-state index in [0.717, 1.165) is 0 Å². The molecule has 0 nitrogen and oxygen atoms in total.